The van der Waals surface area contributed by atoms with E-state index in [0.29, 0.717) is 12.6 Å². The van der Waals surface area contributed by atoms with Gasteiger partial charge in [-0.2, -0.15) is 0 Å². The van der Waals surface area contributed by atoms with E-state index in [1.165, 1.54) is 30.4 Å². The lowest BCUT2D eigenvalue weighted by atomic mass is 9.87. The monoisotopic (exact) mass is 277 g/mol. The lowest BCUT2D eigenvalue weighted by Crippen LogP contribution is -2.21. The highest BCUT2D eigenvalue weighted by Gasteiger charge is 2.18. The Morgan fingerprint density at radius 1 is 1.25 bits per heavy atom. The normalized spacial score (nSPS) is 17.8. The molecule has 0 fully saturated rings. The SMILES string of the molecule is CNC1CCCc2ccc(OCCCCCCO)cc21. The van der Waals surface area contributed by atoms with E-state index < -0.39 is 0 Å². The molecule has 3 nitrogen and oxygen atoms in total. The van der Waals surface area contributed by atoms with Crippen molar-refractivity contribution in [2.75, 3.05) is 20.3 Å². The van der Waals surface area contributed by atoms with E-state index >= 15 is 0 Å². The third-order valence-electron chi connectivity index (χ3n) is 4.10. The van der Waals surface area contributed by atoms with Crippen molar-refractivity contribution >= 4 is 0 Å². The molecule has 0 amide bonds. The highest BCUT2D eigenvalue weighted by atomic mass is 16.5. The van der Waals surface area contributed by atoms with Crippen LogP contribution in [-0.4, -0.2) is 25.4 Å². The Bertz CT molecular complexity index is 406. The Balaban J connectivity index is 1.84. The van der Waals surface area contributed by atoms with E-state index in [0.717, 1.165) is 38.0 Å². The van der Waals surface area contributed by atoms with Crippen molar-refractivity contribution in [1.82, 2.24) is 5.32 Å². The third-order valence-corrected chi connectivity index (χ3v) is 4.10. The smallest absolute Gasteiger partial charge is 0.119 e. The second-order valence-electron chi connectivity index (χ2n) is 5.58. The van der Waals surface area contributed by atoms with E-state index in [9.17, 15) is 0 Å². The largest absolute Gasteiger partial charge is 0.494 e. The number of rotatable bonds is 8. The van der Waals surface area contributed by atoms with Gasteiger partial charge in [0.05, 0.1) is 6.61 Å². The molecule has 1 aromatic rings. The van der Waals surface area contributed by atoms with Crippen molar-refractivity contribution in [2.45, 2.75) is 51.0 Å². The number of fused-ring (bicyclic) bond motifs is 1. The molecule has 1 aromatic carbocycles. The van der Waals surface area contributed by atoms with Gasteiger partial charge in [0.15, 0.2) is 0 Å². The zero-order valence-electron chi connectivity index (χ0n) is 12.5. The van der Waals surface area contributed by atoms with Gasteiger partial charge >= 0.3 is 0 Å². The van der Waals surface area contributed by atoms with Gasteiger partial charge in [0.1, 0.15) is 5.75 Å². The molecule has 1 aliphatic carbocycles. The number of aliphatic hydroxyl groups is 1. The van der Waals surface area contributed by atoms with Gasteiger partial charge < -0.3 is 15.2 Å². The summed E-state index contributed by atoms with van der Waals surface area (Å²) in [5, 5.41) is 12.1. The standard InChI is InChI=1S/C17H27NO2/c1-18-17-8-6-7-14-9-10-15(13-16(14)17)20-12-5-3-2-4-11-19/h9-10,13,17-19H,2-8,11-12H2,1H3. The van der Waals surface area contributed by atoms with Crippen LogP contribution in [0.3, 0.4) is 0 Å². The van der Waals surface area contributed by atoms with Crippen molar-refractivity contribution in [3.05, 3.63) is 29.3 Å². The molecule has 2 N–H and O–H groups in total. The summed E-state index contributed by atoms with van der Waals surface area (Å²) in [4.78, 5) is 0. The molecule has 2 rings (SSSR count). The molecule has 0 radical (unpaired) electrons. The third kappa shape index (κ3) is 4.22. The summed E-state index contributed by atoms with van der Waals surface area (Å²) < 4.78 is 5.85. The molecule has 0 bridgehead atoms. The molecule has 0 saturated heterocycles. The number of benzene rings is 1. The van der Waals surface area contributed by atoms with Crippen LogP contribution in [0.15, 0.2) is 18.2 Å². The predicted molar refractivity (Wildman–Crippen MR) is 82.2 cm³/mol. The van der Waals surface area contributed by atoms with Gasteiger partial charge in [-0.25, -0.2) is 0 Å². The van der Waals surface area contributed by atoms with Crippen LogP contribution in [0.25, 0.3) is 0 Å². The average Bonchev–Trinajstić information content (AvgIpc) is 2.50. The second kappa shape index (κ2) is 8.28. The average molecular weight is 277 g/mol. The quantitative estimate of drug-likeness (QED) is 0.717. The maximum absolute atomic E-state index is 8.72. The molecule has 112 valence electrons. The Labute approximate surface area is 122 Å². The minimum absolute atomic E-state index is 0.303. The zero-order chi connectivity index (χ0) is 14.2. The van der Waals surface area contributed by atoms with Crippen LogP contribution in [0.4, 0.5) is 0 Å². The Morgan fingerprint density at radius 3 is 2.90 bits per heavy atom. The maximum atomic E-state index is 8.72. The van der Waals surface area contributed by atoms with Crippen LogP contribution in [0.2, 0.25) is 0 Å². The molecule has 0 aromatic heterocycles. The molecule has 20 heavy (non-hydrogen) atoms. The highest BCUT2D eigenvalue weighted by Crippen LogP contribution is 2.32. The molecule has 1 atom stereocenters. The van der Waals surface area contributed by atoms with Crippen LogP contribution in [0, 0.1) is 0 Å². The Hall–Kier alpha value is -1.06. The van der Waals surface area contributed by atoms with E-state index in [1.807, 2.05) is 7.05 Å². The van der Waals surface area contributed by atoms with Gasteiger partial charge in [0, 0.05) is 12.6 Å². The predicted octanol–water partition coefficient (Wildman–Crippen LogP) is 3.21. The lowest BCUT2D eigenvalue weighted by Gasteiger charge is -2.25. The van der Waals surface area contributed by atoms with E-state index in [2.05, 4.69) is 23.5 Å². The van der Waals surface area contributed by atoms with Gasteiger partial charge in [-0.15, -0.1) is 0 Å². The number of unbranched alkanes of at least 4 members (excludes halogenated alkanes) is 3. The molecule has 3 heteroatoms. The van der Waals surface area contributed by atoms with Crippen LogP contribution in [0.5, 0.6) is 5.75 Å². The minimum Gasteiger partial charge on any atom is -0.494 e. The van der Waals surface area contributed by atoms with Gasteiger partial charge in [0.2, 0.25) is 0 Å². The van der Waals surface area contributed by atoms with Crippen molar-refractivity contribution in [1.29, 1.82) is 0 Å². The van der Waals surface area contributed by atoms with E-state index in [-0.39, 0.29) is 0 Å². The molecule has 1 unspecified atom stereocenters. The molecule has 0 heterocycles. The van der Waals surface area contributed by atoms with Crippen LogP contribution < -0.4 is 10.1 Å². The second-order valence-corrected chi connectivity index (χ2v) is 5.58. The summed E-state index contributed by atoms with van der Waals surface area (Å²) in [5.41, 5.74) is 2.88. The fraction of sp³-hybridized carbons (Fsp3) is 0.647. The first-order valence-electron chi connectivity index (χ1n) is 7.89. The topological polar surface area (TPSA) is 41.5 Å². The summed E-state index contributed by atoms with van der Waals surface area (Å²) in [6.07, 6.45) is 7.86. The van der Waals surface area contributed by atoms with Crippen molar-refractivity contribution < 1.29 is 9.84 Å². The first kappa shape index (κ1) is 15.3. The summed E-state index contributed by atoms with van der Waals surface area (Å²) >= 11 is 0. The fourth-order valence-electron chi connectivity index (χ4n) is 2.92. The van der Waals surface area contributed by atoms with Gasteiger partial charge in [-0.1, -0.05) is 12.5 Å². The minimum atomic E-state index is 0.303. The number of ether oxygens (including phenoxy) is 1. The van der Waals surface area contributed by atoms with Crippen LogP contribution in [0.1, 0.15) is 55.7 Å². The molecular formula is C17H27NO2. The summed E-state index contributed by atoms with van der Waals surface area (Å²) in [6, 6.07) is 7.01. The number of hydrogen-bond acceptors (Lipinski definition) is 3. The molecule has 0 saturated carbocycles. The summed E-state index contributed by atoms with van der Waals surface area (Å²) in [5.74, 6) is 0.994. The van der Waals surface area contributed by atoms with Crippen molar-refractivity contribution in [3.63, 3.8) is 0 Å². The van der Waals surface area contributed by atoms with Gasteiger partial charge in [-0.05, 0) is 68.8 Å². The molecule has 1 aliphatic rings. The van der Waals surface area contributed by atoms with Crippen LogP contribution >= 0.6 is 0 Å². The maximum Gasteiger partial charge on any atom is 0.119 e. The molecular weight excluding hydrogens is 250 g/mol. The number of nitrogens with one attached hydrogen (secondary N) is 1. The van der Waals surface area contributed by atoms with Crippen LogP contribution in [-0.2, 0) is 6.42 Å². The van der Waals surface area contributed by atoms with Crippen molar-refractivity contribution in [2.24, 2.45) is 0 Å². The first-order chi connectivity index (χ1) is 9.85. The highest BCUT2D eigenvalue weighted by molar-refractivity contribution is 5.39. The zero-order valence-corrected chi connectivity index (χ0v) is 12.5. The Morgan fingerprint density at radius 2 is 2.10 bits per heavy atom. The van der Waals surface area contributed by atoms with E-state index in [1.54, 1.807) is 0 Å². The fourth-order valence-corrected chi connectivity index (χ4v) is 2.92. The lowest BCUT2D eigenvalue weighted by molar-refractivity contribution is 0.273. The Kier molecular flexibility index (Phi) is 6.34. The summed E-state index contributed by atoms with van der Waals surface area (Å²) in [6.45, 7) is 1.07. The van der Waals surface area contributed by atoms with Gasteiger partial charge in [0.25, 0.3) is 0 Å². The van der Waals surface area contributed by atoms with Gasteiger partial charge in [-0.3, -0.25) is 0 Å². The summed E-state index contributed by atoms with van der Waals surface area (Å²) in [7, 11) is 2.04. The van der Waals surface area contributed by atoms with E-state index in [4.69, 9.17) is 9.84 Å². The number of aliphatic hydroxyl groups excluding tert-OH is 1. The number of hydrogen-bond donors (Lipinski definition) is 2. The molecule has 0 spiro atoms. The number of aryl methyl sites for hydroxylation is 1. The first-order valence-corrected chi connectivity index (χ1v) is 7.89. The van der Waals surface area contributed by atoms with Crippen molar-refractivity contribution in [3.8, 4) is 5.75 Å². The molecule has 0 aliphatic heterocycles.